The van der Waals surface area contributed by atoms with Gasteiger partial charge in [0.05, 0.1) is 4.36 Å². The predicted molar refractivity (Wildman–Crippen MR) is 28.5 cm³/mol. The second kappa shape index (κ2) is 2.61. The summed E-state index contributed by atoms with van der Waals surface area (Å²) >= 11 is 6.68. The lowest BCUT2D eigenvalue weighted by Gasteiger charge is -1.76. The molecule has 2 heteroatoms. The molecule has 0 bridgehead atoms. The van der Waals surface area contributed by atoms with Crippen molar-refractivity contribution in [2.75, 3.05) is 6.26 Å². The molecule has 0 saturated heterocycles. The van der Waals surface area contributed by atoms with E-state index >= 15 is 0 Å². The van der Waals surface area contributed by atoms with Gasteiger partial charge in [-0.05, 0) is 6.26 Å². The largest absolute Gasteiger partial charge is 0.118 e. The summed E-state index contributed by atoms with van der Waals surface area (Å²) in [6.45, 7) is 3.40. The van der Waals surface area contributed by atoms with Gasteiger partial charge in [-0.1, -0.05) is 18.2 Å². The molecule has 0 aliphatic carbocycles. The Kier molecular flexibility index (Phi) is 2.81. The Hall–Kier alpha value is 0.380. The number of halogens is 1. The van der Waals surface area contributed by atoms with Crippen LogP contribution >= 0.6 is 23.4 Å². The fourth-order valence-electron chi connectivity index (χ4n) is 0. The number of hydrogen-bond donors (Lipinski definition) is 0. The number of rotatable bonds is 1. The van der Waals surface area contributed by atoms with Crippen molar-refractivity contribution < 1.29 is 0 Å². The van der Waals surface area contributed by atoms with E-state index in [2.05, 4.69) is 6.58 Å². The number of hydrogen-bond acceptors (Lipinski definition) is 1. The fourth-order valence-corrected chi connectivity index (χ4v) is 0. The van der Waals surface area contributed by atoms with Crippen LogP contribution in [0.15, 0.2) is 10.9 Å². The van der Waals surface area contributed by atoms with E-state index in [4.69, 9.17) is 11.6 Å². The average Bonchev–Trinajstić information content (AvgIpc) is 1.38. The first-order valence-corrected chi connectivity index (χ1v) is 2.76. The van der Waals surface area contributed by atoms with Gasteiger partial charge in [-0.3, -0.25) is 0 Å². The molecule has 0 rings (SSSR count). The Morgan fingerprint density at radius 3 is 2.20 bits per heavy atom. The lowest BCUT2D eigenvalue weighted by Crippen LogP contribution is -1.43. The molecule has 0 aromatic heterocycles. The Morgan fingerprint density at radius 1 is 2.00 bits per heavy atom. The van der Waals surface area contributed by atoms with Crippen molar-refractivity contribution in [2.45, 2.75) is 0 Å². The third kappa shape index (κ3) is 4.38. The molecule has 0 aliphatic heterocycles. The molecule has 0 atom stereocenters. The zero-order chi connectivity index (χ0) is 4.28. The zero-order valence-corrected chi connectivity index (χ0v) is 4.57. The van der Waals surface area contributed by atoms with Crippen LogP contribution in [0.3, 0.4) is 0 Å². The summed E-state index contributed by atoms with van der Waals surface area (Å²) in [4.78, 5) is 0. The molecule has 0 fully saturated rings. The summed E-state index contributed by atoms with van der Waals surface area (Å²) in [5.74, 6) is 0. The van der Waals surface area contributed by atoms with Crippen LogP contribution in [0.4, 0.5) is 0 Å². The predicted octanol–water partition coefficient (Wildman–Crippen LogP) is 2.06. The maximum absolute atomic E-state index is 5.23. The standard InChI is InChI=1S/C3H5ClS/c1-3(4)5-2/h1H2,2H3. The monoisotopic (exact) mass is 108 g/mol. The molecule has 0 aromatic carbocycles. The van der Waals surface area contributed by atoms with Gasteiger partial charge < -0.3 is 0 Å². The molecule has 0 nitrogen and oxygen atoms in total. The van der Waals surface area contributed by atoms with Crippen molar-refractivity contribution in [3.63, 3.8) is 0 Å². The molecule has 0 saturated carbocycles. The minimum absolute atomic E-state index is 0.644. The van der Waals surface area contributed by atoms with E-state index in [-0.39, 0.29) is 0 Å². The zero-order valence-electron chi connectivity index (χ0n) is 2.99. The van der Waals surface area contributed by atoms with Crippen molar-refractivity contribution >= 4 is 23.4 Å². The molecule has 5 heavy (non-hydrogen) atoms. The highest BCUT2D eigenvalue weighted by Crippen LogP contribution is 2.10. The minimum atomic E-state index is 0.644. The Morgan fingerprint density at radius 2 is 2.20 bits per heavy atom. The van der Waals surface area contributed by atoms with Gasteiger partial charge in [-0.25, -0.2) is 0 Å². The highest BCUT2D eigenvalue weighted by molar-refractivity contribution is 8.03. The smallest absolute Gasteiger partial charge is 0.0660 e. The molecule has 0 aliphatic rings. The van der Waals surface area contributed by atoms with Crippen molar-refractivity contribution in [3.8, 4) is 0 Å². The van der Waals surface area contributed by atoms with Crippen molar-refractivity contribution in [2.24, 2.45) is 0 Å². The van der Waals surface area contributed by atoms with Crippen LogP contribution in [0.25, 0.3) is 0 Å². The summed E-state index contributed by atoms with van der Waals surface area (Å²) in [6, 6.07) is 0. The van der Waals surface area contributed by atoms with Gasteiger partial charge >= 0.3 is 0 Å². The highest BCUT2D eigenvalue weighted by Gasteiger charge is 1.71. The topological polar surface area (TPSA) is 0 Å². The molecule has 0 aromatic rings. The van der Waals surface area contributed by atoms with Crippen LogP contribution in [0.5, 0.6) is 0 Å². The lowest BCUT2D eigenvalue weighted by molar-refractivity contribution is 2.38. The minimum Gasteiger partial charge on any atom is -0.118 e. The van der Waals surface area contributed by atoms with Crippen molar-refractivity contribution in [1.29, 1.82) is 0 Å². The third-order valence-electron chi connectivity index (χ3n) is 0.221. The SMILES string of the molecule is C=C(Cl)SC. The van der Waals surface area contributed by atoms with Gasteiger partial charge in [0.25, 0.3) is 0 Å². The Bertz CT molecular complexity index is 42.2. The van der Waals surface area contributed by atoms with E-state index in [9.17, 15) is 0 Å². The first-order valence-electron chi connectivity index (χ1n) is 1.15. The highest BCUT2D eigenvalue weighted by atomic mass is 35.5. The van der Waals surface area contributed by atoms with Gasteiger partial charge in [0.1, 0.15) is 0 Å². The fraction of sp³-hybridized carbons (Fsp3) is 0.333. The van der Waals surface area contributed by atoms with Crippen LogP contribution in [-0.2, 0) is 0 Å². The molecule has 0 spiro atoms. The quantitative estimate of drug-likeness (QED) is 0.496. The van der Waals surface area contributed by atoms with Crippen LogP contribution in [0.1, 0.15) is 0 Å². The molecular weight excluding hydrogens is 104 g/mol. The molecular formula is C3H5ClS. The maximum Gasteiger partial charge on any atom is 0.0660 e. The van der Waals surface area contributed by atoms with E-state index in [0.717, 1.165) is 0 Å². The average molecular weight is 109 g/mol. The molecule has 0 radical (unpaired) electrons. The van der Waals surface area contributed by atoms with Crippen molar-refractivity contribution in [3.05, 3.63) is 10.9 Å². The van der Waals surface area contributed by atoms with E-state index in [1.807, 2.05) is 6.26 Å². The van der Waals surface area contributed by atoms with Crippen LogP contribution < -0.4 is 0 Å². The summed E-state index contributed by atoms with van der Waals surface area (Å²) in [5, 5.41) is 0. The van der Waals surface area contributed by atoms with Crippen LogP contribution in [-0.4, -0.2) is 6.26 Å². The van der Waals surface area contributed by atoms with E-state index in [1.165, 1.54) is 11.8 Å². The summed E-state index contributed by atoms with van der Waals surface area (Å²) < 4.78 is 0.644. The van der Waals surface area contributed by atoms with Crippen LogP contribution in [0, 0.1) is 0 Å². The Labute approximate surface area is 41.2 Å². The first-order chi connectivity index (χ1) is 2.27. The second-order valence-electron chi connectivity index (χ2n) is 0.559. The van der Waals surface area contributed by atoms with E-state index < -0.39 is 0 Å². The number of thioether (sulfide) groups is 1. The molecule has 0 heterocycles. The molecule has 0 unspecified atom stereocenters. The maximum atomic E-state index is 5.23. The van der Waals surface area contributed by atoms with Gasteiger partial charge in [0, 0.05) is 0 Å². The molecule has 0 N–H and O–H groups in total. The van der Waals surface area contributed by atoms with E-state index in [1.54, 1.807) is 0 Å². The summed E-state index contributed by atoms with van der Waals surface area (Å²) in [6.07, 6.45) is 1.88. The summed E-state index contributed by atoms with van der Waals surface area (Å²) in [7, 11) is 0. The third-order valence-corrected chi connectivity index (χ3v) is 1.13. The lowest BCUT2D eigenvalue weighted by atomic mass is 11.3. The van der Waals surface area contributed by atoms with Crippen LogP contribution in [0.2, 0.25) is 0 Å². The summed E-state index contributed by atoms with van der Waals surface area (Å²) in [5.41, 5.74) is 0. The molecule has 30 valence electrons. The molecule has 0 amide bonds. The Balaban J connectivity index is 2.85. The van der Waals surface area contributed by atoms with Gasteiger partial charge in [0.2, 0.25) is 0 Å². The first kappa shape index (κ1) is 5.38. The van der Waals surface area contributed by atoms with Crippen molar-refractivity contribution in [1.82, 2.24) is 0 Å². The normalized spacial score (nSPS) is 7.60. The second-order valence-corrected chi connectivity index (χ2v) is 2.14. The van der Waals surface area contributed by atoms with E-state index in [0.29, 0.717) is 4.36 Å². The van der Waals surface area contributed by atoms with Gasteiger partial charge in [0.15, 0.2) is 0 Å². The van der Waals surface area contributed by atoms with Gasteiger partial charge in [-0.15, -0.1) is 11.8 Å². The van der Waals surface area contributed by atoms with Gasteiger partial charge in [-0.2, -0.15) is 0 Å².